The molecule has 0 aliphatic heterocycles. The summed E-state index contributed by atoms with van der Waals surface area (Å²) in [5, 5.41) is 17.9. The van der Waals surface area contributed by atoms with Crippen LogP contribution in [0.3, 0.4) is 0 Å². The zero-order valence-corrected chi connectivity index (χ0v) is 23.5. The van der Waals surface area contributed by atoms with Gasteiger partial charge in [0.1, 0.15) is 22.1 Å². The van der Waals surface area contributed by atoms with Crippen LogP contribution in [0.4, 0.5) is 0 Å². The molecule has 0 atom stereocenters. The van der Waals surface area contributed by atoms with Crippen LogP contribution in [0.25, 0.3) is 0 Å². The fourth-order valence-corrected chi connectivity index (χ4v) is 4.00. The monoisotopic (exact) mass is 515 g/mol. The molecule has 1 N–H and O–H groups in total. The molecular formula is C25H37BrN2NaO3. The van der Waals surface area contributed by atoms with Crippen LogP contribution in [0, 0.1) is 11.3 Å². The van der Waals surface area contributed by atoms with E-state index < -0.39 is 5.97 Å². The maximum atomic E-state index is 10.4. The quantitative estimate of drug-likeness (QED) is 0.0984. The molecule has 1 aromatic heterocycles. The summed E-state index contributed by atoms with van der Waals surface area (Å²) in [6, 6.07) is 4.00. The predicted molar refractivity (Wildman–Crippen MR) is 134 cm³/mol. The summed E-state index contributed by atoms with van der Waals surface area (Å²) in [5.74, 6) is 0.0551. The molecule has 0 bridgehead atoms. The second-order valence-electron chi connectivity index (χ2n) is 7.92. The van der Waals surface area contributed by atoms with Crippen molar-refractivity contribution in [3.63, 3.8) is 0 Å². The van der Waals surface area contributed by atoms with Crippen molar-refractivity contribution in [1.82, 2.24) is 4.98 Å². The van der Waals surface area contributed by atoms with Gasteiger partial charge in [0.2, 0.25) is 0 Å². The summed E-state index contributed by atoms with van der Waals surface area (Å²) in [6.07, 6.45) is 20.6. The molecular weight excluding hydrogens is 479 g/mol. The van der Waals surface area contributed by atoms with Crippen molar-refractivity contribution in [1.29, 1.82) is 5.26 Å². The van der Waals surface area contributed by atoms with Crippen molar-refractivity contribution in [2.24, 2.45) is 0 Å². The predicted octanol–water partition coefficient (Wildman–Crippen LogP) is 6.99. The number of methoxy groups -OCH3 is 1. The second kappa shape index (κ2) is 20.7. The first kappa shape index (κ1) is 31.1. The first-order valence-corrected chi connectivity index (χ1v) is 12.4. The number of carbonyl (C=O) groups is 1. The van der Waals surface area contributed by atoms with Crippen LogP contribution >= 0.6 is 15.9 Å². The fourth-order valence-electron chi connectivity index (χ4n) is 3.61. The normalized spacial score (nSPS) is 10.7. The third-order valence-electron chi connectivity index (χ3n) is 5.35. The Morgan fingerprint density at radius 2 is 1.56 bits per heavy atom. The smallest absolute Gasteiger partial charge is 0.303 e. The number of nitriles is 1. The molecule has 5 nitrogen and oxygen atoms in total. The Morgan fingerprint density at radius 3 is 2.09 bits per heavy atom. The molecule has 0 fully saturated rings. The molecule has 7 heteroatoms. The van der Waals surface area contributed by atoms with Gasteiger partial charge in [0.05, 0.1) is 7.11 Å². The van der Waals surface area contributed by atoms with Crippen LogP contribution in [-0.2, 0) is 11.2 Å². The summed E-state index contributed by atoms with van der Waals surface area (Å²) in [4.78, 5) is 14.7. The largest absolute Gasteiger partial charge is 0.496 e. The number of rotatable bonds is 18. The Balaban J connectivity index is 0.00000961. The molecule has 0 aliphatic rings. The van der Waals surface area contributed by atoms with Crippen LogP contribution in [0.15, 0.2) is 22.8 Å². The molecule has 1 aromatic rings. The molecule has 173 valence electrons. The summed E-state index contributed by atoms with van der Waals surface area (Å²) >= 11 is 3.32. The standard InChI is InChI=1S/C25H37BrN2O3.Na/c1-31-23-19-24(26)28-22(20-27)21(23)17-15-13-11-9-7-5-3-2-4-6-8-10-12-14-16-18-25(29)30;/h2,4,19H,3,5-18H2,1H3,(H,29,30);/b4-2-;. The molecule has 0 saturated carbocycles. The van der Waals surface area contributed by atoms with E-state index in [1.54, 1.807) is 7.11 Å². The average Bonchev–Trinajstić information content (AvgIpc) is 2.75. The van der Waals surface area contributed by atoms with E-state index in [0.29, 0.717) is 16.7 Å². The van der Waals surface area contributed by atoms with Gasteiger partial charge >= 0.3 is 5.97 Å². The number of unbranched alkanes of at least 4 members (excludes halogenated alkanes) is 11. The van der Waals surface area contributed by atoms with Gasteiger partial charge in [-0.3, -0.25) is 4.79 Å². The average molecular weight is 516 g/mol. The molecule has 0 amide bonds. The maximum Gasteiger partial charge on any atom is 0.303 e. The van der Waals surface area contributed by atoms with Crippen molar-refractivity contribution < 1.29 is 14.6 Å². The van der Waals surface area contributed by atoms with Crippen LogP contribution in [-0.4, -0.2) is 52.7 Å². The third-order valence-corrected chi connectivity index (χ3v) is 5.76. The number of hydrogen-bond donors (Lipinski definition) is 1. The molecule has 0 unspecified atom stereocenters. The molecule has 1 heterocycles. The molecule has 0 aliphatic carbocycles. The first-order chi connectivity index (χ1) is 15.1. The fraction of sp³-hybridized carbons (Fsp3) is 0.640. The van der Waals surface area contributed by atoms with Crippen molar-refractivity contribution in [2.75, 3.05) is 7.11 Å². The summed E-state index contributed by atoms with van der Waals surface area (Å²) in [6.45, 7) is 0. The number of carboxylic acids is 1. The van der Waals surface area contributed by atoms with Crippen molar-refractivity contribution >= 4 is 51.5 Å². The molecule has 0 spiro atoms. The minimum Gasteiger partial charge on any atom is -0.496 e. The molecule has 0 aromatic carbocycles. The summed E-state index contributed by atoms with van der Waals surface area (Å²) in [5.41, 5.74) is 1.37. The van der Waals surface area contributed by atoms with E-state index in [-0.39, 0.29) is 29.6 Å². The first-order valence-electron chi connectivity index (χ1n) is 11.6. The second-order valence-corrected chi connectivity index (χ2v) is 8.73. The Kier molecular flexibility index (Phi) is 20.2. The van der Waals surface area contributed by atoms with E-state index in [1.807, 2.05) is 6.07 Å². The Hall–Kier alpha value is -0.870. The Bertz CT molecular complexity index is 720. The number of ether oxygens (including phenoxy) is 1. The van der Waals surface area contributed by atoms with E-state index in [0.717, 1.165) is 62.7 Å². The summed E-state index contributed by atoms with van der Waals surface area (Å²) in [7, 11) is 1.63. The number of carboxylic acid groups (broad SMARTS) is 1. The zero-order valence-electron chi connectivity index (χ0n) is 19.9. The zero-order chi connectivity index (χ0) is 22.7. The van der Waals surface area contributed by atoms with E-state index in [2.05, 4.69) is 39.1 Å². The van der Waals surface area contributed by atoms with Gasteiger partial charge in [0, 0.05) is 47.6 Å². The van der Waals surface area contributed by atoms with E-state index in [4.69, 9.17) is 9.84 Å². The van der Waals surface area contributed by atoms with Gasteiger partial charge < -0.3 is 9.84 Å². The van der Waals surface area contributed by atoms with Gasteiger partial charge in [-0.25, -0.2) is 4.98 Å². The van der Waals surface area contributed by atoms with Gasteiger partial charge in [-0.1, -0.05) is 57.1 Å². The number of hydrogen-bond acceptors (Lipinski definition) is 4. The van der Waals surface area contributed by atoms with E-state index in [9.17, 15) is 10.1 Å². The molecule has 0 saturated heterocycles. The van der Waals surface area contributed by atoms with Crippen LogP contribution < -0.4 is 4.74 Å². The van der Waals surface area contributed by atoms with Crippen molar-refractivity contribution in [3.05, 3.63) is 34.1 Å². The number of nitrogens with zero attached hydrogens (tertiary/aromatic N) is 2. The SMILES string of the molecule is COc1cc(Br)nc(C#N)c1CCCCCCCC/C=C\CCCCCCCC(=O)O.[Na]. The van der Waals surface area contributed by atoms with Gasteiger partial charge in [-0.15, -0.1) is 0 Å². The topological polar surface area (TPSA) is 83.2 Å². The Labute approximate surface area is 224 Å². The van der Waals surface area contributed by atoms with Gasteiger partial charge in [-0.05, 0) is 60.9 Å². The number of halogens is 1. The minimum absolute atomic E-state index is 0. The number of allylic oxidation sites excluding steroid dienone is 2. The number of aliphatic carboxylic acids is 1. The van der Waals surface area contributed by atoms with Crippen LogP contribution in [0.2, 0.25) is 0 Å². The van der Waals surface area contributed by atoms with Gasteiger partial charge in [0.25, 0.3) is 0 Å². The molecule has 1 radical (unpaired) electrons. The molecule has 1 rings (SSSR count). The van der Waals surface area contributed by atoms with E-state index in [1.165, 1.54) is 38.5 Å². The Morgan fingerprint density at radius 1 is 1.03 bits per heavy atom. The summed E-state index contributed by atoms with van der Waals surface area (Å²) < 4.78 is 6.04. The number of pyridine rings is 1. The van der Waals surface area contributed by atoms with Gasteiger partial charge in [-0.2, -0.15) is 5.26 Å². The van der Waals surface area contributed by atoms with Crippen LogP contribution in [0.5, 0.6) is 5.75 Å². The van der Waals surface area contributed by atoms with Crippen molar-refractivity contribution in [2.45, 2.75) is 96.3 Å². The maximum absolute atomic E-state index is 10.4. The van der Waals surface area contributed by atoms with Crippen molar-refractivity contribution in [3.8, 4) is 11.8 Å². The number of aromatic nitrogens is 1. The third kappa shape index (κ3) is 15.1. The minimum atomic E-state index is -0.684. The van der Waals surface area contributed by atoms with Crippen LogP contribution in [0.1, 0.15) is 101 Å². The van der Waals surface area contributed by atoms with E-state index >= 15 is 0 Å². The van der Waals surface area contributed by atoms with Gasteiger partial charge in [0.15, 0.2) is 0 Å². The molecule has 32 heavy (non-hydrogen) atoms.